The van der Waals surface area contributed by atoms with E-state index < -0.39 is 0 Å². The first-order valence-electron chi connectivity index (χ1n) is 9.86. The maximum atomic E-state index is 6.41. The molecule has 0 amide bonds. The molecule has 3 aromatic rings. The topological polar surface area (TPSA) is 64.4 Å². The van der Waals surface area contributed by atoms with Crippen LogP contribution in [-0.2, 0) is 17.8 Å². The quantitative estimate of drug-likeness (QED) is 0.614. The van der Waals surface area contributed by atoms with E-state index in [-0.39, 0.29) is 0 Å². The van der Waals surface area contributed by atoms with Crippen molar-refractivity contribution in [1.29, 1.82) is 0 Å². The number of ether oxygens (including phenoxy) is 1. The number of nitrogens with one attached hydrogen (secondary N) is 1. The predicted octanol–water partition coefficient (Wildman–Crippen LogP) is 4.75. The Kier molecular flexibility index (Phi) is 5.65. The molecule has 0 radical (unpaired) electrons. The highest BCUT2D eigenvalue weighted by molar-refractivity contribution is 6.33. The summed E-state index contributed by atoms with van der Waals surface area (Å²) in [6.07, 6.45) is 2.69. The first-order valence-corrected chi connectivity index (χ1v) is 10.2. The van der Waals surface area contributed by atoms with Crippen LogP contribution < -0.4 is 15.3 Å². The average molecular weight is 426 g/mol. The summed E-state index contributed by atoms with van der Waals surface area (Å²) >= 11 is 6.41. The van der Waals surface area contributed by atoms with Gasteiger partial charge in [0.2, 0.25) is 5.88 Å². The van der Waals surface area contributed by atoms with Crippen LogP contribution in [0.5, 0.6) is 5.88 Å². The predicted molar refractivity (Wildman–Crippen MR) is 118 cm³/mol. The Morgan fingerprint density at radius 3 is 2.70 bits per heavy atom. The summed E-state index contributed by atoms with van der Waals surface area (Å²) in [5.41, 5.74) is 8.28. The van der Waals surface area contributed by atoms with E-state index in [0.717, 1.165) is 40.3 Å². The normalized spacial score (nSPS) is 13.4. The molecule has 0 spiro atoms. The van der Waals surface area contributed by atoms with Gasteiger partial charge in [0.1, 0.15) is 5.69 Å². The van der Waals surface area contributed by atoms with Gasteiger partial charge in [-0.3, -0.25) is 4.68 Å². The lowest BCUT2D eigenvalue weighted by molar-refractivity contribution is 0.179. The molecule has 0 atom stereocenters. The summed E-state index contributed by atoms with van der Waals surface area (Å²) in [7, 11) is 1.64. The highest BCUT2D eigenvalue weighted by Gasteiger charge is 2.23. The number of aromatic nitrogens is 3. The van der Waals surface area contributed by atoms with Crippen molar-refractivity contribution in [1.82, 2.24) is 20.4 Å². The van der Waals surface area contributed by atoms with Crippen molar-refractivity contribution < 1.29 is 9.57 Å². The smallest absolute Gasteiger partial charge is 0.216 e. The van der Waals surface area contributed by atoms with Crippen molar-refractivity contribution >= 4 is 23.0 Å². The number of hydrogen-bond acceptors (Lipinski definition) is 6. The summed E-state index contributed by atoms with van der Waals surface area (Å²) in [5, 5.41) is 7.19. The van der Waals surface area contributed by atoms with Gasteiger partial charge in [-0.2, -0.15) is 5.10 Å². The van der Waals surface area contributed by atoms with Crippen molar-refractivity contribution in [2.75, 3.05) is 12.1 Å². The number of hydrazine groups is 1. The van der Waals surface area contributed by atoms with Crippen LogP contribution in [0.4, 0.5) is 5.69 Å². The monoisotopic (exact) mass is 425 g/mol. The lowest BCUT2D eigenvalue weighted by Gasteiger charge is -2.18. The largest absolute Gasteiger partial charge is 0.481 e. The molecule has 0 aliphatic carbocycles. The van der Waals surface area contributed by atoms with Gasteiger partial charge in [0.25, 0.3) is 0 Å². The molecule has 8 heteroatoms. The summed E-state index contributed by atoms with van der Waals surface area (Å²) in [4.78, 5) is 10.3. The first kappa shape index (κ1) is 20.3. The highest BCUT2D eigenvalue weighted by Crippen LogP contribution is 2.33. The zero-order chi connectivity index (χ0) is 21.3. The number of pyridine rings is 1. The Morgan fingerprint density at radius 2 is 2.00 bits per heavy atom. The third-order valence-corrected chi connectivity index (χ3v) is 5.37. The van der Waals surface area contributed by atoms with Crippen LogP contribution in [0.25, 0.3) is 17.0 Å². The van der Waals surface area contributed by atoms with Crippen LogP contribution in [0.2, 0.25) is 5.02 Å². The maximum absolute atomic E-state index is 6.41. The van der Waals surface area contributed by atoms with Gasteiger partial charge in [-0.1, -0.05) is 42.3 Å². The molecule has 1 aliphatic heterocycles. The molecule has 156 valence electrons. The van der Waals surface area contributed by atoms with E-state index in [4.69, 9.17) is 26.3 Å². The van der Waals surface area contributed by atoms with E-state index in [9.17, 15) is 0 Å². The molecule has 3 heterocycles. The Labute approximate surface area is 180 Å². The van der Waals surface area contributed by atoms with E-state index in [2.05, 4.69) is 23.6 Å². The van der Waals surface area contributed by atoms with Crippen molar-refractivity contribution in [3.8, 4) is 17.1 Å². The van der Waals surface area contributed by atoms with Crippen LogP contribution in [0.15, 0.2) is 42.6 Å². The molecule has 1 N–H and O–H groups in total. The molecule has 0 saturated heterocycles. The Balaban J connectivity index is 1.69. The van der Waals surface area contributed by atoms with Crippen LogP contribution in [0.1, 0.15) is 30.8 Å². The molecular formula is C22H24ClN5O2. The van der Waals surface area contributed by atoms with Gasteiger partial charge in [-0.05, 0) is 38.5 Å². The minimum absolute atomic E-state index is 0.615. The molecule has 7 nitrogen and oxygen atoms in total. The molecule has 30 heavy (non-hydrogen) atoms. The second-order valence-corrected chi connectivity index (χ2v) is 7.29. The fourth-order valence-electron chi connectivity index (χ4n) is 3.46. The number of hydrogen-bond donors (Lipinski definition) is 1. The van der Waals surface area contributed by atoms with E-state index in [1.165, 1.54) is 0 Å². The number of benzene rings is 1. The molecule has 1 aliphatic rings. The van der Waals surface area contributed by atoms with Crippen LogP contribution in [0, 0.1) is 6.92 Å². The minimum atomic E-state index is 0.615. The van der Waals surface area contributed by atoms with Crippen molar-refractivity contribution in [2.45, 2.75) is 33.7 Å². The minimum Gasteiger partial charge on any atom is -0.481 e. The van der Waals surface area contributed by atoms with E-state index in [1.54, 1.807) is 12.1 Å². The molecule has 0 saturated carbocycles. The molecule has 0 unspecified atom stereocenters. The van der Waals surface area contributed by atoms with Crippen LogP contribution >= 0.6 is 11.6 Å². The number of halogens is 1. The Hall–Kier alpha value is -3.03. The van der Waals surface area contributed by atoms with E-state index >= 15 is 0 Å². The van der Waals surface area contributed by atoms with Crippen molar-refractivity contribution in [2.24, 2.45) is 0 Å². The van der Waals surface area contributed by atoms with Crippen molar-refractivity contribution in [3.63, 3.8) is 0 Å². The zero-order valence-corrected chi connectivity index (χ0v) is 18.2. The molecule has 1 aromatic carbocycles. The molecule has 0 bridgehead atoms. The third-order valence-electron chi connectivity index (χ3n) is 5.04. The Bertz CT molecular complexity index is 1110. The van der Waals surface area contributed by atoms with Gasteiger partial charge in [-0.25, -0.2) is 9.99 Å². The van der Waals surface area contributed by atoms with Gasteiger partial charge in [0.15, 0.2) is 5.76 Å². The third kappa shape index (κ3) is 3.62. The fraction of sp³-hybridized carbons (Fsp3) is 0.273. The van der Waals surface area contributed by atoms with Crippen LogP contribution in [0.3, 0.4) is 0 Å². The molecular weight excluding hydrogens is 402 g/mol. The fourth-order valence-corrected chi connectivity index (χ4v) is 3.69. The number of anilines is 1. The summed E-state index contributed by atoms with van der Waals surface area (Å²) in [5.74, 6) is 1.26. The van der Waals surface area contributed by atoms with Gasteiger partial charge < -0.3 is 9.57 Å². The summed E-state index contributed by atoms with van der Waals surface area (Å²) < 4.78 is 7.30. The molecule has 4 rings (SSSR count). The number of rotatable bonds is 6. The van der Waals surface area contributed by atoms with Gasteiger partial charge in [0, 0.05) is 22.7 Å². The average Bonchev–Trinajstić information content (AvgIpc) is 3.41. The van der Waals surface area contributed by atoms with E-state index in [0.29, 0.717) is 23.2 Å². The van der Waals surface area contributed by atoms with Crippen LogP contribution in [-0.4, -0.2) is 21.9 Å². The maximum Gasteiger partial charge on any atom is 0.216 e. The molecule has 0 fully saturated rings. The highest BCUT2D eigenvalue weighted by atomic mass is 35.5. The van der Waals surface area contributed by atoms with Crippen molar-refractivity contribution in [3.05, 3.63) is 64.6 Å². The number of methoxy groups -OCH3 is 1. The first-order chi connectivity index (χ1) is 14.5. The van der Waals surface area contributed by atoms with Gasteiger partial charge in [-0.15, -0.1) is 0 Å². The Morgan fingerprint density at radius 1 is 1.20 bits per heavy atom. The SMILES string of the molecule is CCc1cc(N2C=C(c3cc(-c4ccccc4Cl)n(CC)n3)ON2)c(C)nc1OC. The summed E-state index contributed by atoms with van der Waals surface area (Å²) in [6, 6.07) is 11.8. The zero-order valence-electron chi connectivity index (χ0n) is 17.4. The van der Waals surface area contributed by atoms with Gasteiger partial charge >= 0.3 is 0 Å². The number of aryl methyl sites for hydroxylation is 3. The standard InChI is InChI=1S/C22H24ClN5O2/c1-5-15-11-19(14(3)24-22(15)29-4)28-13-21(30-26-28)18-12-20(27(6-2)25-18)16-9-7-8-10-17(16)23/h7-13,26H,5-6H2,1-4H3. The summed E-state index contributed by atoms with van der Waals surface area (Å²) in [6.45, 7) is 6.77. The van der Waals surface area contributed by atoms with Gasteiger partial charge in [0.05, 0.1) is 30.4 Å². The second-order valence-electron chi connectivity index (χ2n) is 6.88. The second kappa shape index (κ2) is 8.38. The molecule has 2 aromatic heterocycles. The van der Waals surface area contributed by atoms with E-state index in [1.807, 2.05) is 55.1 Å². The number of nitrogens with zero attached hydrogens (tertiary/aromatic N) is 4. The lowest BCUT2D eigenvalue weighted by Crippen LogP contribution is -2.28. The lowest BCUT2D eigenvalue weighted by atomic mass is 10.1.